The summed E-state index contributed by atoms with van der Waals surface area (Å²) in [7, 11) is 1.74. The van der Waals surface area contributed by atoms with E-state index in [0.29, 0.717) is 0 Å². The maximum atomic E-state index is 5.35. The summed E-state index contributed by atoms with van der Waals surface area (Å²) in [5.41, 5.74) is 1.70. The largest absolute Gasteiger partial charge is 0.497 e. The van der Waals surface area contributed by atoms with Crippen molar-refractivity contribution in [3.8, 4) is 5.75 Å². The Bertz CT molecular complexity index is 388. The van der Waals surface area contributed by atoms with Crippen molar-refractivity contribution in [3.05, 3.63) is 29.8 Å². The summed E-state index contributed by atoms with van der Waals surface area (Å²) < 4.78 is 5.35. The molecule has 0 amide bonds. The number of likely N-dealkylation sites (tertiary alicyclic amines) is 1. The molecule has 1 fully saturated rings. The van der Waals surface area contributed by atoms with Gasteiger partial charge in [-0.1, -0.05) is 26.0 Å². The van der Waals surface area contributed by atoms with Gasteiger partial charge < -0.3 is 9.64 Å². The van der Waals surface area contributed by atoms with Crippen LogP contribution in [0.5, 0.6) is 5.75 Å². The lowest BCUT2D eigenvalue weighted by atomic mass is 9.76. The highest BCUT2D eigenvalue weighted by atomic mass is 16.5. The SMILES string of the molecule is CCCN1CCCC(C)(c2cccc(OC)c2)C1. The number of piperidine rings is 1. The molecule has 0 aliphatic carbocycles. The highest BCUT2D eigenvalue weighted by Crippen LogP contribution is 2.35. The van der Waals surface area contributed by atoms with Gasteiger partial charge in [-0.25, -0.2) is 0 Å². The van der Waals surface area contributed by atoms with Crippen LogP contribution < -0.4 is 4.74 Å². The van der Waals surface area contributed by atoms with E-state index in [1.807, 2.05) is 6.07 Å². The van der Waals surface area contributed by atoms with Crippen molar-refractivity contribution in [2.45, 2.75) is 38.5 Å². The molecule has 1 aromatic rings. The molecule has 0 N–H and O–H groups in total. The lowest BCUT2D eigenvalue weighted by Crippen LogP contribution is -2.44. The van der Waals surface area contributed by atoms with E-state index in [2.05, 4.69) is 36.9 Å². The van der Waals surface area contributed by atoms with Gasteiger partial charge in [0, 0.05) is 12.0 Å². The molecular formula is C16H25NO. The van der Waals surface area contributed by atoms with Gasteiger partial charge in [-0.05, 0) is 50.0 Å². The first-order valence-electron chi connectivity index (χ1n) is 7.05. The summed E-state index contributed by atoms with van der Waals surface area (Å²) >= 11 is 0. The third-order valence-corrected chi connectivity index (χ3v) is 4.08. The minimum atomic E-state index is 0.280. The standard InChI is InChI=1S/C16H25NO/c1-4-10-17-11-6-9-16(2,13-17)14-7-5-8-15(12-14)18-3/h5,7-8,12H,4,6,9-11,13H2,1-3H3. The maximum absolute atomic E-state index is 5.35. The fraction of sp³-hybridized carbons (Fsp3) is 0.625. The van der Waals surface area contributed by atoms with E-state index >= 15 is 0 Å². The molecule has 1 atom stereocenters. The summed E-state index contributed by atoms with van der Waals surface area (Å²) in [6.45, 7) is 8.31. The Morgan fingerprint density at radius 2 is 2.22 bits per heavy atom. The molecule has 1 aromatic carbocycles. The average molecular weight is 247 g/mol. The smallest absolute Gasteiger partial charge is 0.119 e. The van der Waals surface area contributed by atoms with Crippen LogP contribution >= 0.6 is 0 Å². The molecule has 100 valence electrons. The first-order chi connectivity index (χ1) is 8.68. The van der Waals surface area contributed by atoms with Crippen LogP contribution in [0.1, 0.15) is 38.7 Å². The number of hydrogen-bond acceptors (Lipinski definition) is 2. The topological polar surface area (TPSA) is 12.5 Å². The van der Waals surface area contributed by atoms with E-state index < -0.39 is 0 Å². The van der Waals surface area contributed by atoms with E-state index in [-0.39, 0.29) is 5.41 Å². The molecule has 0 bridgehead atoms. The quantitative estimate of drug-likeness (QED) is 0.808. The molecule has 1 heterocycles. The minimum absolute atomic E-state index is 0.280. The van der Waals surface area contributed by atoms with Crippen molar-refractivity contribution in [2.24, 2.45) is 0 Å². The van der Waals surface area contributed by atoms with Crippen LogP contribution in [-0.2, 0) is 5.41 Å². The van der Waals surface area contributed by atoms with Crippen LogP contribution in [0.3, 0.4) is 0 Å². The summed E-state index contributed by atoms with van der Waals surface area (Å²) in [5, 5.41) is 0. The van der Waals surface area contributed by atoms with E-state index in [1.165, 1.54) is 44.5 Å². The molecule has 2 rings (SSSR count). The molecule has 1 aliphatic heterocycles. The zero-order valence-corrected chi connectivity index (χ0v) is 11.9. The van der Waals surface area contributed by atoms with Crippen LogP contribution in [0.25, 0.3) is 0 Å². The Morgan fingerprint density at radius 1 is 1.39 bits per heavy atom. The lowest BCUT2D eigenvalue weighted by molar-refractivity contribution is 0.157. The first kappa shape index (κ1) is 13.4. The van der Waals surface area contributed by atoms with Crippen molar-refractivity contribution in [3.63, 3.8) is 0 Å². The molecule has 0 radical (unpaired) electrons. The predicted molar refractivity (Wildman–Crippen MR) is 76.3 cm³/mol. The Balaban J connectivity index is 2.18. The second-order valence-electron chi connectivity index (χ2n) is 5.67. The van der Waals surface area contributed by atoms with Crippen LogP contribution in [0.15, 0.2) is 24.3 Å². The van der Waals surface area contributed by atoms with Crippen molar-refractivity contribution in [2.75, 3.05) is 26.7 Å². The van der Waals surface area contributed by atoms with Crippen LogP contribution in [0, 0.1) is 0 Å². The van der Waals surface area contributed by atoms with Crippen LogP contribution in [0.2, 0.25) is 0 Å². The number of nitrogens with zero attached hydrogens (tertiary/aromatic N) is 1. The number of methoxy groups -OCH3 is 1. The summed E-state index contributed by atoms with van der Waals surface area (Å²) in [4.78, 5) is 2.60. The van der Waals surface area contributed by atoms with Gasteiger partial charge in [0.2, 0.25) is 0 Å². The molecular weight excluding hydrogens is 222 g/mol. The molecule has 1 unspecified atom stereocenters. The molecule has 1 aliphatic rings. The number of rotatable bonds is 4. The zero-order chi connectivity index (χ0) is 13.0. The second kappa shape index (κ2) is 5.75. The van der Waals surface area contributed by atoms with Crippen molar-refractivity contribution in [1.29, 1.82) is 0 Å². The molecule has 0 saturated carbocycles. The Kier molecular flexibility index (Phi) is 4.28. The van der Waals surface area contributed by atoms with E-state index in [1.54, 1.807) is 7.11 Å². The van der Waals surface area contributed by atoms with Gasteiger partial charge in [0.05, 0.1) is 7.11 Å². The molecule has 0 aromatic heterocycles. The first-order valence-corrected chi connectivity index (χ1v) is 7.05. The van der Waals surface area contributed by atoms with Gasteiger partial charge in [0.25, 0.3) is 0 Å². The second-order valence-corrected chi connectivity index (χ2v) is 5.67. The molecule has 0 spiro atoms. The molecule has 2 heteroatoms. The van der Waals surface area contributed by atoms with Crippen molar-refractivity contribution >= 4 is 0 Å². The van der Waals surface area contributed by atoms with Gasteiger partial charge in [-0.3, -0.25) is 0 Å². The maximum Gasteiger partial charge on any atom is 0.119 e. The molecule has 1 saturated heterocycles. The minimum Gasteiger partial charge on any atom is -0.497 e. The third kappa shape index (κ3) is 2.86. The fourth-order valence-corrected chi connectivity index (χ4v) is 3.09. The third-order valence-electron chi connectivity index (χ3n) is 4.08. The summed E-state index contributed by atoms with van der Waals surface area (Å²) in [6, 6.07) is 8.59. The van der Waals surface area contributed by atoms with Gasteiger partial charge in [-0.2, -0.15) is 0 Å². The molecule has 2 nitrogen and oxygen atoms in total. The zero-order valence-electron chi connectivity index (χ0n) is 11.9. The molecule has 18 heavy (non-hydrogen) atoms. The van der Waals surface area contributed by atoms with E-state index in [0.717, 1.165) is 5.75 Å². The van der Waals surface area contributed by atoms with E-state index in [9.17, 15) is 0 Å². The van der Waals surface area contributed by atoms with E-state index in [4.69, 9.17) is 4.74 Å². The van der Waals surface area contributed by atoms with Gasteiger partial charge in [0.15, 0.2) is 0 Å². The summed E-state index contributed by atoms with van der Waals surface area (Å²) in [6.07, 6.45) is 3.82. The monoisotopic (exact) mass is 247 g/mol. The highest BCUT2D eigenvalue weighted by Gasteiger charge is 2.32. The van der Waals surface area contributed by atoms with Crippen LogP contribution in [0.4, 0.5) is 0 Å². The Morgan fingerprint density at radius 3 is 2.94 bits per heavy atom. The van der Waals surface area contributed by atoms with Crippen molar-refractivity contribution in [1.82, 2.24) is 4.90 Å². The van der Waals surface area contributed by atoms with Gasteiger partial charge in [-0.15, -0.1) is 0 Å². The Hall–Kier alpha value is -1.02. The van der Waals surface area contributed by atoms with Crippen LogP contribution in [-0.4, -0.2) is 31.6 Å². The fourth-order valence-electron chi connectivity index (χ4n) is 3.09. The predicted octanol–water partition coefficient (Wildman–Crippen LogP) is 3.46. The van der Waals surface area contributed by atoms with Gasteiger partial charge in [0.1, 0.15) is 5.75 Å². The highest BCUT2D eigenvalue weighted by molar-refractivity contribution is 5.34. The number of benzene rings is 1. The lowest BCUT2D eigenvalue weighted by Gasteiger charge is -2.41. The summed E-state index contributed by atoms with van der Waals surface area (Å²) in [5.74, 6) is 0.973. The normalized spacial score (nSPS) is 25.1. The Labute approximate surface area is 111 Å². The number of hydrogen-bond donors (Lipinski definition) is 0. The van der Waals surface area contributed by atoms with Gasteiger partial charge >= 0.3 is 0 Å². The number of ether oxygens (including phenoxy) is 1. The average Bonchev–Trinajstić information content (AvgIpc) is 2.39. The van der Waals surface area contributed by atoms with Crippen molar-refractivity contribution < 1.29 is 4.74 Å².